The van der Waals surface area contributed by atoms with Crippen LogP contribution in [0.15, 0.2) is 0 Å². The van der Waals surface area contributed by atoms with Crippen molar-refractivity contribution in [3.05, 3.63) is 0 Å². The number of amides is 3. The molecule has 0 radical (unpaired) electrons. The zero-order chi connectivity index (χ0) is 22.3. The van der Waals surface area contributed by atoms with Gasteiger partial charge in [0.25, 0.3) is 0 Å². The van der Waals surface area contributed by atoms with Gasteiger partial charge >= 0.3 is 5.97 Å². The number of carboxylic acid groups (broad SMARTS) is 1. The van der Waals surface area contributed by atoms with Gasteiger partial charge in [-0.25, -0.2) is 4.79 Å². The average molecular weight is 443 g/mol. The van der Waals surface area contributed by atoms with Crippen LogP contribution in [-0.2, 0) is 19.2 Å². The number of hydrogen-bond acceptors (Lipinski definition) is 6. The van der Waals surface area contributed by atoms with Crippen molar-refractivity contribution in [3.63, 3.8) is 0 Å². The first-order valence-corrected chi connectivity index (χ1v) is 12.0. The Morgan fingerprint density at radius 1 is 1.13 bits per heavy atom. The van der Waals surface area contributed by atoms with Crippen molar-refractivity contribution in [2.45, 2.75) is 70.1 Å². The summed E-state index contributed by atoms with van der Waals surface area (Å²) in [4.78, 5) is 51.5. The zero-order valence-electron chi connectivity index (χ0n) is 18.0. The van der Waals surface area contributed by atoms with Crippen LogP contribution in [0.25, 0.3) is 0 Å². The minimum Gasteiger partial charge on any atom is -0.480 e. The lowest BCUT2D eigenvalue weighted by molar-refractivity contribution is -0.145. The standard InChI is InChI=1S/C20H34N4O5S/c1-12(2)16(20(28)29)23-18(26)15-7-5-10-24(15)19(27)14(8-11-30-3)22-17(25)13-6-4-9-21-13/h12-16,21H,4-11H2,1-3H3,(H,22,25)(H,23,26)(H,28,29). The molecular weight excluding hydrogens is 408 g/mol. The molecule has 9 nitrogen and oxygen atoms in total. The van der Waals surface area contributed by atoms with Crippen LogP contribution in [-0.4, -0.2) is 83.0 Å². The Bertz CT molecular complexity index is 639. The summed E-state index contributed by atoms with van der Waals surface area (Å²) in [6.07, 6.45) is 5.23. The Hall–Kier alpha value is -1.81. The second kappa shape index (κ2) is 11.5. The minimum absolute atomic E-state index is 0.182. The molecular formula is C20H34N4O5S. The van der Waals surface area contributed by atoms with Crippen molar-refractivity contribution in [1.82, 2.24) is 20.9 Å². The second-order valence-corrected chi connectivity index (χ2v) is 9.24. The van der Waals surface area contributed by atoms with Crippen LogP contribution in [0.2, 0.25) is 0 Å². The number of thioether (sulfide) groups is 1. The molecule has 2 saturated heterocycles. The highest BCUT2D eigenvalue weighted by atomic mass is 32.2. The Kier molecular flexibility index (Phi) is 9.41. The number of carboxylic acids is 1. The first kappa shape index (κ1) is 24.5. The molecule has 0 aromatic rings. The lowest BCUT2D eigenvalue weighted by Crippen LogP contribution is -2.57. The monoisotopic (exact) mass is 442 g/mol. The lowest BCUT2D eigenvalue weighted by Gasteiger charge is -2.30. The number of rotatable bonds is 10. The van der Waals surface area contributed by atoms with E-state index in [4.69, 9.17) is 0 Å². The zero-order valence-corrected chi connectivity index (χ0v) is 18.8. The number of nitrogens with one attached hydrogen (secondary N) is 3. The highest BCUT2D eigenvalue weighted by Gasteiger charge is 2.39. The molecule has 30 heavy (non-hydrogen) atoms. The van der Waals surface area contributed by atoms with Gasteiger partial charge in [-0.3, -0.25) is 14.4 Å². The topological polar surface area (TPSA) is 128 Å². The predicted octanol–water partition coefficient (Wildman–Crippen LogP) is 0.193. The summed E-state index contributed by atoms with van der Waals surface area (Å²) in [5.74, 6) is -1.57. The Balaban J connectivity index is 2.07. The van der Waals surface area contributed by atoms with E-state index in [1.54, 1.807) is 25.6 Å². The lowest BCUT2D eigenvalue weighted by atomic mass is 10.0. The molecule has 3 amide bonds. The van der Waals surface area contributed by atoms with Crippen molar-refractivity contribution in [2.24, 2.45) is 5.92 Å². The van der Waals surface area contributed by atoms with Crippen LogP contribution in [0.5, 0.6) is 0 Å². The molecule has 0 aliphatic carbocycles. The fourth-order valence-electron chi connectivity index (χ4n) is 3.94. The molecule has 2 heterocycles. The average Bonchev–Trinajstić information content (AvgIpc) is 3.39. The summed E-state index contributed by atoms with van der Waals surface area (Å²) >= 11 is 1.59. The van der Waals surface area contributed by atoms with Gasteiger partial charge in [-0.05, 0) is 56.6 Å². The molecule has 4 atom stereocenters. The van der Waals surface area contributed by atoms with E-state index >= 15 is 0 Å². The highest BCUT2D eigenvalue weighted by Crippen LogP contribution is 2.21. The Morgan fingerprint density at radius 3 is 2.43 bits per heavy atom. The van der Waals surface area contributed by atoms with Crippen molar-refractivity contribution < 1.29 is 24.3 Å². The van der Waals surface area contributed by atoms with Gasteiger partial charge in [0.2, 0.25) is 17.7 Å². The van der Waals surface area contributed by atoms with Crippen LogP contribution < -0.4 is 16.0 Å². The third-order valence-electron chi connectivity index (χ3n) is 5.67. The SMILES string of the molecule is CSCCC(NC(=O)C1CCCN1)C(=O)N1CCCC1C(=O)NC(C(=O)O)C(C)C. The van der Waals surface area contributed by atoms with Crippen LogP contribution >= 0.6 is 11.8 Å². The number of likely N-dealkylation sites (tertiary alicyclic amines) is 1. The molecule has 170 valence electrons. The Morgan fingerprint density at radius 2 is 1.87 bits per heavy atom. The fraction of sp³-hybridized carbons (Fsp3) is 0.800. The first-order valence-electron chi connectivity index (χ1n) is 10.6. The largest absolute Gasteiger partial charge is 0.480 e. The van der Waals surface area contributed by atoms with E-state index in [2.05, 4.69) is 16.0 Å². The van der Waals surface area contributed by atoms with Gasteiger partial charge in [0.15, 0.2) is 0 Å². The van der Waals surface area contributed by atoms with Gasteiger partial charge in [0, 0.05) is 6.54 Å². The van der Waals surface area contributed by atoms with Gasteiger partial charge in [-0.2, -0.15) is 11.8 Å². The molecule has 0 aromatic carbocycles. The molecule has 4 N–H and O–H groups in total. The van der Waals surface area contributed by atoms with E-state index in [0.29, 0.717) is 31.6 Å². The van der Waals surface area contributed by atoms with Crippen LogP contribution in [0.4, 0.5) is 0 Å². The van der Waals surface area contributed by atoms with Crippen molar-refractivity contribution in [1.29, 1.82) is 0 Å². The highest BCUT2D eigenvalue weighted by molar-refractivity contribution is 7.98. The Labute approximate surface area is 182 Å². The van der Waals surface area contributed by atoms with Crippen LogP contribution in [0.1, 0.15) is 46.0 Å². The van der Waals surface area contributed by atoms with Crippen molar-refractivity contribution >= 4 is 35.5 Å². The van der Waals surface area contributed by atoms with Gasteiger partial charge < -0.3 is 26.0 Å². The molecule has 2 aliphatic rings. The number of carbonyl (C=O) groups is 4. The normalized spacial score (nSPS) is 23.3. The van der Waals surface area contributed by atoms with Crippen LogP contribution in [0.3, 0.4) is 0 Å². The van der Waals surface area contributed by atoms with Gasteiger partial charge in [0.05, 0.1) is 6.04 Å². The minimum atomic E-state index is -1.09. The van der Waals surface area contributed by atoms with Gasteiger partial charge in [-0.15, -0.1) is 0 Å². The molecule has 0 saturated carbocycles. The molecule has 0 spiro atoms. The van der Waals surface area contributed by atoms with E-state index < -0.39 is 30.0 Å². The van der Waals surface area contributed by atoms with Gasteiger partial charge in [0.1, 0.15) is 18.1 Å². The summed E-state index contributed by atoms with van der Waals surface area (Å²) in [5, 5.41) is 17.9. The molecule has 10 heteroatoms. The van der Waals surface area contributed by atoms with E-state index in [0.717, 1.165) is 19.4 Å². The maximum Gasteiger partial charge on any atom is 0.326 e. The molecule has 0 bridgehead atoms. The van der Waals surface area contributed by atoms with E-state index in [9.17, 15) is 24.3 Å². The van der Waals surface area contributed by atoms with Gasteiger partial charge in [-0.1, -0.05) is 13.8 Å². The number of carbonyl (C=O) groups excluding carboxylic acids is 3. The van der Waals surface area contributed by atoms with E-state index in [1.165, 1.54) is 4.90 Å². The second-order valence-electron chi connectivity index (χ2n) is 8.25. The maximum absolute atomic E-state index is 13.3. The number of hydrogen-bond donors (Lipinski definition) is 4. The summed E-state index contributed by atoms with van der Waals surface area (Å²) in [6.45, 7) is 4.66. The summed E-state index contributed by atoms with van der Waals surface area (Å²) < 4.78 is 0. The predicted molar refractivity (Wildman–Crippen MR) is 115 cm³/mol. The molecule has 2 rings (SSSR count). The third-order valence-corrected chi connectivity index (χ3v) is 6.31. The van der Waals surface area contributed by atoms with Crippen molar-refractivity contribution in [3.8, 4) is 0 Å². The van der Waals surface area contributed by atoms with Crippen molar-refractivity contribution in [2.75, 3.05) is 25.1 Å². The number of nitrogens with zero attached hydrogens (tertiary/aromatic N) is 1. The van der Waals surface area contributed by atoms with Crippen LogP contribution in [0, 0.1) is 5.92 Å². The quantitative estimate of drug-likeness (QED) is 0.380. The first-order chi connectivity index (χ1) is 14.3. The summed E-state index contributed by atoms with van der Waals surface area (Å²) in [7, 11) is 0. The fourth-order valence-corrected chi connectivity index (χ4v) is 4.41. The van der Waals surface area contributed by atoms with E-state index in [-0.39, 0.29) is 23.8 Å². The molecule has 4 unspecified atom stereocenters. The maximum atomic E-state index is 13.3. The third kappa shape index (κ3) is 6.34. The number of aliphatic carboxylic acids is 1. The molecule has 0 aromatic heterocycles. The molecule has 2 aliphatic heterocycles. The summed E-state index contributed by atoms with van der Waals surface area (Å²) in [6, 6.07) is -2.69. The summed E-state index contributed by atoms with van der Waals surface area (Å²) in [5.41, 5.74) is 0. The smallest absolute Gasteiger partial charge is 0.326 e. The van der Waals surface area contributed by atoms with E-state index in [1.807, 2.05) is 6.26 Å². The molecule has 2 fully saturated rings.